The van der Waals surface area contributed by atoms with Crippen LogP contribution in [0.5, 0.6) is 0 Å². The molecule has 1 aromatic heterocycles. The van der Waals surface area contributed by atoms with E-state index in [1.165, 1.54) is 12.1 Å². The number of hydrogen-bond acceptors (Lipinski definition) is 1. The number of imidazole rings is 1. The molecule has 1 rings (SSSR count). The summed E-state index contributed by atoms with van der Waals surface area (Å²) in [5, 5.41) is 0. The number of rotatable bonds is 2. The summed E-state index contributed by atoms with van der Waals surface area (Å²) in [6, 6.07) is 0. The highest BCUT2D eigenvalue weighted by atomic mass is 15.1. The Morgan fingerprint density at radius 1 is 1.27 bits per heavy atom. The highest BCUT2D eigenvalue weighted by Gasteiger charge is 2.04. The first-order valence-corrected chi connectivity index (χ1v) is 4.17. The van der Waals surface area contributed by atoms with Crippen LogP contribution >= 0.6 is 0 Å². The molecule has 0 saturated carbocycles. The summed E-state index contributed by atoms with van der Waals surface area (Å²) in [6.07, 6.45) is 1.18. The summed E-state index contributed by atoms with van der Waals surface area (Å²) < 4.78 is 2.27. The van der Waals surface area contributed by atoms with Crippen molar-refractivity contribution in [1.82, 2.24) is 9.55 Å². The Bertz CT molecular complexity index is 248. The van der Waals surface area contributed by atoms with E-state index < -0.39 is 0 Å². The monoisotopic (exact) mass is 152 g/mol. The fourth-order valence-electron chi connectivity index (χ4n) is 1.38. The summed E-state index contributed by atoms with van der Waals surface area (Å²) in [4.78, 5) is 4.39. The van der Waals surface area contributed by atoms with Crippen LogP contribution < -0.4 is 0 Å². The molecular weight excluding hydrogens is 136 g/mol. The molecule has 11 heavy (non-hydrogen) atoms. The third-order valence-corrected chi connectivity index (χ3v) is 2.10. The Morgan fingerprint density at radius 2 is 1.91 bits per heavy atom. The van der Waals surface area contributed by atoms with Gasteiger partial charge in [0.15, 0.2) is 0 Å². The van der Waals surface area contributed by atoms with Crippen LogP contribution in [0.1, 0.15) is 30.6 Å². The van der Waals surface area contributed by atoms with Gasteiger partial charge in [-0.25, -0.2) is 4.98 Å². The standard InChI is InChI=1S/C9H16N2/c1-5-6-11-8(3)7(2)10-9(11)4/h5-6H2,1-4H3. The number of aromatic nitrogens is 2. The van der Waals surface area contributed by atoms with Crippen molar-refractivity contribution in [3.8, 4) is 0 Å². The highest BCUT2D eigenvalue weighted by molar-refractivity contribution is 5.13. The zero-order valence-corrected chi connectivity index (χ0v) is 7.81. The van der Waals surface area contributed by atoms with Crippen molar-refractivity contribution in [2.75, 3.05) is 0 Å². The fourth-order valence-corrected chi connectivity index (χ4v) is 1.38. The molecule has 1 heterocycles. The second-order valence-corrected chi connectivity index (χ2v) is 2.98. The Balaban J connectivity index is 3.02. The normalized spacial score (nSPS) is 10.5. The predicted octanol–water partition coefficient (Wildman–Crippen LogP) is 2.22. The van der Waals surface area contributed by atoms with Crippen LogP contribution in [-0.2, 0) is 6.54 Å². The van der Waals surface area contributed by atoms with Gasteiger partial charge in [-0.1, -0.05) is 6.92 Å². The molecule has 0 spiro atoms. The maximum Gasteiger partial charge on any atom is 0.106 e. The van der Waals surface area contributed by atoms with Crippen LogP contribution in [0.15, 0.2) is 0 Å². The Morgan fingerprint density at radius 3 is 2.27 bits per heavy atom. The molecule has 0 atom stereocenters. The van der Waals surface area contributed by atoms with Gasteiger partial charge in [0.25, 0.3) is 0 Å². The van der Waals surface area contributed by atoms with Gasteiger partial charge in [0.2, 0.25) is 0 Å². The van der Waals surface area contributed by atoms with Crippen molar-refractivity contribution < 1.29 is 0 Å². The molecule has 0 aliphatic rings. The lowest BCUT2D eigenvalue weighted by Gasteiger charge is -2.04. The maximum atomic E-state index is 4.39. The molecule has 0 aromatic carbocycles. The van der Waals surface area contributed by atoms with Crippen molar-refractivity contribution in [1.29, 1.82) is 0 Å². The summed E-state index contributed by atoms with van der Waals surface area (Å²) in [6.45, 7) is 9.54. The van der Waals surface area contributed by atoms with Crippen molar-refractivity contribution in [3.05, 3.63) is 17.2 Å². The van der Waals surface area contributed by atoms with Gasteiger partial charge in [-0.15, -0.1) is 0 Å². The van der Waals surface area contributed by atoms with Gasteiger partial charge in [0.05, 0.1) is 5.69 Å². The first kappa shape index (κ1) is 8.31. The minimum absolute atomic E-state index is 1.10. The molecule has 2 nitrogen and oxygen atoms in total. The number of aryl methyl sites for hydroxylation is 2. The lowest BCUT2D eigenvalue weighted by molar-refractivity contribution is 0.642. The molecular formula is C9H16N2. The molecule has 1 aromatic rings. The van der Waals surface area contributed by atoms with Crippen LogP contribution in [0.25, 0.3) is 0 Å². The van der Waals surface area contributed by atoms with Gasteiger partial charge in [0.1, 0.15) is 5.82 Å². The Labute approximate surface area is 68.3 Å². The van der Waals surface area contributed by atoms with Crippen molar-refractivity contribution in [3.63, 3.8) is 0 Å². The van der Waals surface area contributed by atoms with E-state index in [0.29, 0.717) is 0 Å². The average molecular weight is 152 g/mol. The third-order valence-electron chi connectivity index (χ3n) is 2.10. The topological polar surface area (TPSA) is 17.8 Å². The van der Waals surface area contributed by atoms with Crippen molar-refractivity contribution in [2.45, 2.75) is 40.7 Å². The van der Waals surface area contributed by atoms with Crippen molar-refractivity contribution >= 4 is 0 Å². The quantitative estimate of drug-likeness (QED) is 0.635. The van der Waals surface area contributed by atoms with E-state index in [4.69, 9.17) is 0 Å². The molecule has 0 amide bonds. The lowest BCUT2D eigenvalue weighted by Crippen LogP contribution is -2.01. The SMILES string of the molecule is CCCn1c(C)nc(C)c1C. The predicted molar refractivity (Wildman–Crippen MR) is 46.7 cm³/mol. The second kappa shape index (κ2) is 3.07. The summed E-state index contributed by atoms with van der Waals surface area (Å²) in [5.74, 6) is 1.14. The minimum Gasteiger partial charge on any atom is -0.332 e. The van der Waals surface area contributed by atoms with Crippen LogP contribution in [0, 0.1) is 20.8 Å². The van der Waals surface area contributed by atoms with Gasteiger partial charge in [-0.3, -0.25) is 0 Å². The summed E-state index contributed by atoms with van der Waals surface area (Å²) in [7, 11) is 0. The largest absolute Gasteiger partial charge is 0.332 e. The average Bonchev–Trinajstić information content (AvgIpc) is 2.17. The van der Waals surface area contributed by atoms with E-state index in [1.807, 2.05) is 0 Å². The smallest absolute Gasteiger partial charge is 0.106 e. The number of nitrogens with zero attached hydrogens (tertiary/aromatic N) is 2. The first-order chi connectivity index (χ1) is 5.16. The maximum absolute atomic E-state index is 4.39. The molecule has 2 heteroatoms. The molecule has 62 valence electrons. The van der Waals surface area contributed by atoms with E-state index >= 15 is 0 Å². The van der Waals surface area contributed by atoms with Gasteiger partial charge in [-0.05, 0) is 27.2 Å². The minimum atomic E-state index is 1.10. The van der Waals surface area contributed by atoms with Gasteiger partial charge in [0, 0.05) is 12.2 Å². The molecule has 0 aliphatic carbocycles. The van der Waals surface area contributed by atoms with Crippen LogP contribution in [0.3, 0.4) is 0 Å². The molecule has 0 radical (unpaired) electrons. The zero-order valence-electron chi connectivity index (χ0n) is 7.81. The first-order valence-electron chi connectivity index (χ1n) is 4.17. The second-order valence-electron chi connectivity index (χ2n) is 2.98. The molecule has 0 N–H and O–H groups in total. The van der Waals surface area contributed by atoms with Crippen LogP contribution in [-0.4, -0.2) is 9.55 Å². The molecule has 0 bridgehead atoms. The molecule has 0 aliphatic heterocycles. The van der Waals surface area contributed by atoms with Gasteiger partial charge < -0.3 is 4.57 Å². The third kappa shape index (κ3) is 1.44. The molecule has 0 saturated heterocycles. The van der Waals surface area contributed by atoms with Crippen molar-refractivity contribution in [2.24, 2.45) is 0 Å². The van der Waals surface area contributed by atoms with E-state index in [-0.39, 0.29) is 0 Å². The van der Waals surface area contributed by atoms with Gasteiger partial charge in [-0.2, -0.15) is 0 Å². The van der Waals surface area contributed by atoms with Crippen LogP contribution in [0.4, 0.5) is 0 Å². The summed E-state index contributed by atoms with van der Waals surface area (Å²) in [5.41, 5.74) is 2.47. The van der Waals surface area contributed by atoms with E-state index in [0.717, 1.165) is 18.1 Å². The van der Waals surface area contributed by atoms with E-state index in [1.54, 1.807) is 0 Å². The molecule has 0 fully saturated rings. The number of hydrogen-bond donors (Lipinski definition) is 0. The highest BCUT2D eigenvalue weighted by Crippen LogP contribution is 2.09. The van der Waals surface area contributed by atoms with Crippen LogP contribution in [0.2, 0.25) is 0 Å². The zero-order chi connectivity index (χ0) is 8.43. The molecule has 0 unspecified atom stereocenters. The van der Waals surface area contributed by atoms with E-state index in [2.05, 4.69) is 37.2 Å². The fraction of sp³-hybridized carbons (Fsp3) is 0.667. The lowest BCUT2D eigenvalue weighted by atomic mass is 10.3. The Hall–Kier alpha value is -0.790. The van der Waals surface area contributed by atoms with E-state index in [9.17, 15) is 0 Å². The van der Waals surface area contributed by atoms with Gasteiger partial charge >= 0.3 is 0 Å². The Kier molecular flexibility index (Phi) is 2.32. The summed E-state index contributed by atoms with van der Waals surface area (Å²) >= 11 is 0.